The standard InChI is InChI=1S/C11H20N2S/c1-9(4-6-12)8-13(3)11-10(2)5-7-14-11/h5,7,9H,4,6,8,12H2,1-3H3. The molecule has 0 saturated carbocycles. The van der Waals surface area contributed by atoms with E-state index in [-0.39, 0.29) is 0 Å². The van der Waals surface area contributed by atoms with Crippen molar-refractivity contribution in [3.63, 3.8) is 0 Å². The van der Waals surface area contributed by atoms with Gasteiger partial charge >= 0.3 is 0 Å². The molecule has 0 aliphatic rings. The Labute approximate surface area is 90.7 Å². The van der Waals surface area contributed by atoms with Gasteiger partial charge in [-0.15, -0.1) is 11.3 Å². The van der Waals surface area contributed by atoms with Crippen LogP contribution in [0, 0.1) is 12.8 Å². The summed E-state index contributed by atoms with van der Waals surface area (Å²) in [6, 6.07) is 2.17. The molecule has 0 aliphatic carbocycles. The summed E-state index contributed by atoms with van der Waals surface area (Å²) < 4.78 is 0. The molecule has 1 atom stereocenters. The number of anilines is 1. The van der Waals surface area contributed by atoms with Crippen molar-refractivity contribution in [3.8, 4) is 0 Å². The lowest BCUT2D eigenvalue weighted by atomic mass is 10.1. The van der Waals surface area contributed by atoms with E-state index in [9.17, 15) is 0 Å². The average Bonchev–Trinajstić information content (AvgIpc) is 2.51. The molecule has 1 aromatic rings. The van der Waals surface area contributed by atoms with Crippen LogP contribution in [0.4, 0.5) is 5.00 Å². The third-order valence-electron chi connectivity index (χ3n) is 2.43. The Morgan fingerprint density at radius 3 is 2.79 bits per heavy atom. The van der Waals surface area contributed by atoms with Gasteiger partial charge in [-0.2, -0.15) is 0 Å². The van der Waals surface area contributed by atoms with Crippen LogP contribution in [0.25, 0.3) is 0 Å². The number of nitrogens with zero attached hydrogens (tertiary/aromatic N) is 1. The Morgan fingerprint density at radius 1 is 1.57 bits per heavy atom. The zero-order valence-corrected chi connectivity index (χ0v) is 10.1. The van der Waals surface area contributed by atoms with Crippen molar-refractivity contribution in [2.24, 2.45) is 11.7 Å². The van der Waals surface area contributed by atoms with Gasteiger partial charge in [0.05, 0.1) is 5.00 Å². The number of hydrogen-bond donors (Lipinski definition) is 1. The smallest absolute Gasteiger partial charge is 0.0935 e. The molecule has 2 N–H and O–H groups in total. The van der Waals surface area contributed by atoms with Crippen molar-refractivity contribution in [3.05, 3.63) is 17.0 Å². The Morgan fingerprint density at radius 2 is 2.29 bits per heavy atom. The summed E-state index contributed by atoms with van der Waals surface area (Å²) in [5.74, 6) is 0.673. The van der Waals surface area contributed by atoms with E-state index >= 15 is 0 Å². The molecule has 0 saturated heterocycles. The molecule has 80 valence electrons. The maximum Gasteiger partial charge on any atom is 0.0935 e. The molecule has 0 fully saturated rings. The summed E-state index contributed by atoms with van der Waals surface area (Å²) in [4.78, 5) is 2.33. The second-order valence-corrected chi connectivity index (χ2v) is 4.87. The average molecular weight is 212 g/mol. The van der Waals surface area contributed by atoms with Crippen molar-refractivity contribution in [2.75, 3.05) is 25.0 Å². The zero-order valence-electron chi connectivity index (χ0n) is 9.29. The minimum Gasteiger partial charge on any atom is -0.366 e. The van der Waals surface area contributed by atoms with E-state index in [1.54, 1.807) is 0 Å². The molecule has 0 aliphatic heterocycles. The van der Waals surface area contributed by atoms with E-state index in [1.807, 2.05) is 11.3 Å². The van der Waals surface area contributed by atoms with Crippen LogP contribution in [0.3, 0.4) is 0 Å². The highest BCUT2D eigenvalue weighted by molar-refractivity contribution is 7.14. The number of nitrogens with two attached hydrogens (primary N) is 1. The molecule has 0 bridgehead atoms. The fourth-order valence-corrected chi connectivity index (χ4v) is 2.59. The summed E-state index contributed by atoms with van der Waals surface area (Å²) >= 11 is 1.81. The van der Waals surface area contributed by atoms with E-state index in [2.05, 4.69) is 37.2 Å². The van der Waals surface area contributed by atoms with E-state index in [1.165, 1.54) is 10.6 Å². The highest BCUT2D eigenvalue weighted by Crippen LogP contribution is 2.26. The molecule has 14 heavy (non-hydrogen) atoms. The van der Waals surface area contributed by atoms with Crippen LogP contribution in [0.15, 0.2) is 11.4 Å². The quantitative estimate of drug-likeness (QED) is 0.812. The van der Waals surface area contributed by atoms with Crippen molar-refractivity contribution in [2.45, 2.75) is 20.3 Å². The highest BCUT2D eigenvalue weighted by Gasteiger charge is 2.09. The van der Waals surface area contributed by atoms with Gasteiger partial charge in [0.15, 0.2) is 0 Å². The second kappa shape index (κ2) is 5.37. The Bertz CT molecular complexity index is 270. The van der Waals surface area contributed by atoms with Gasteiger partial charge in [-0.05, 0) is 42.8 Å². The first-order valence-corrected chi connectivity index (χ1v) is 5.98. The summed E-state index contributed by atoms with van der Waals surface area (Å²) in [5, 5.41) is 3.53. The lowest BCUT2D eigenvalue weighted by molar-refractivity contribution is 0.540. The molecule has 3 heteroatoms. The fraction of sp³-hybridized carbons (Fsp3) is 0.636. The van der Waals surface area contributed by atoms with Crippen molar-refractivity contribution in [1.82, 2.24) is 0 Å². The summed E-state index contributed by atoms with van der Waals surface area (Å²) in [6.07, 6.45) is 1.11. The van der Waals surface area contributed by atoms with Gasteiger partial charge in [-0.25, -0.2) is 0 Å². The zero-order chi connectivity index (χ0) is 10.6. The monoisotopic (exact) mass is 212 g/mol. The van der Waals surface area contributed by atoms with Crippen LogP contribution < -0.4 is 10.6 Å². The first-order chi connectivity index (χ1) is 6.65. The van der Waals surface area contributed by atoms with Crippen molar-refractivity contribution in [1.29, 1.82) is 0 Å². The topological polar surface area (TPSA) is 29.3 Å². The van der Waals surface area contributed by atoms with Gasteiger partial charge in [0, 0.05) is 13.6 Å². The Kier molecular flexibility index (Phi) is 4.42. The van der Waals surface area contributed by atoms with Crippen LogP contribution in [0.5, 0.6) is 0 Å². The van der Waals surface area contributed by atoms with Crippen molar-refractivity contribution >= 4 is 16.3 Å². The second-order valence-electron chi connectivity index (χ2n) is 3.97. The SMILES string of the molecule is Cc1ccsc1N(C)CC(C)CCN. The van der Waals surface area contributed by atoms with Gasteiger partial charge in [0.2, 0.25) is 0 Å². The van der Waals surface area contributed by atoms with Crippen LogP contribution in [0.2, 0.25) is 0 Å². The van der Waals surface area contributed by atoms with Crippen LogP contribution >= 0.6 is 11.3 Å². The fourth-order valence-electron chi connectivity index (χ4n) is 1.68. The molecule has 1 unspecified atom stereocenters. The number of hydrogen-bond acceptors (Lipinski definition) is 3. The van der Waals surface area contributed by atoms with Gasteiger partial charge in [0.25, 0.3) is 0 Å². The largest absolute Gasteiger partial charge is 0.366 e. The normalized spacial score (nSPS) is 12.9. The third-order valence-corrected chi connectivity index (χ3v) is 3.56. The van der Waals surface area contributed by atoms with E-state index in [4.69, 9.17) is 5.73 Å². The number of aryl methyl sites for hydroxylation is 1. The summed E-state index contributed by atoms with van der Waals surface area (Å²) in [7, 11) is 2.16. The van der Waals surface area contributed by atoms with E-state index < -0.39 is 0 Å². The van der Waals surface area contributed by atoms with Crippen molar-refractivity contribution < 1.29 is 0 Å². The lowest BCUT2D eigenvalue weighted by Gasteiger charge is -2.22. The predicted molar refractivity (Wildman–Crippen MR) is 65.2 cm³/mol. The van der Waals surface area contributed by atoms with Gasteiger partial charge in [-0.3, -0.25) is 0 Å². The molecule has 1 aromatic heterocycles. The minimum atomic E-state index is 0.673. The molecule has 1 rings (SSSR count). The van der Waals surface area contributed by atoms with Crippen LogP contribution in [0.1, 0.15) is 18.9 Å². The van der Waals surface area contributed by atoms with Crippen LogP contribution in [-0.2, 0) is 0 Å². The Balaban J connectivity index is 2.50. The lowest BCUT2D eigenvalue weighted by Crippen LogP contribution is -2.25. The van der Waals surface area contributed by atoms with Gasteiger partial charge < -0.3 is 10.6 Å². The molecule has 2 nitrogen and oxygen atoms in total. The minimum absolute atomic E-state index is 0.673. The first-order valence-electron chi connectivity index (χ1n) is 5.10. The number of thiophene rings is 1. The molecule has 0 aromatic carbocycles. The first kappa shape index (κ1) is 11.5. The molecule has 0 radical (unpaired) electrons. The number of rotatable bonds is 5. The van der Waals surface area contributed by atoms with Gasteiger partial charge in [-0.1, -0.05) is 6.92 Å². The molecule has 0 spiro atoms. The molecular formula is C11H20N2S. The Hall–Kier alpha value is -0.540. The molecular weight excluding hydrogens is 192 g/mol. The molecule has 0 amide bonds. The van der Waals surface area contributed by atoms with Gasteiger partial charge in [0.1, 0.15) is 0 Å². The van der Waals surface area contributed by atoms with E-state index in [0.717, 1.165) is 19.5 Å². The highest BCUT2D eigenvalue weighted by atomic mass is 32.1. The van der Waals surface area contributed by atoms with Crippen LogP contribution in [-0.4, -0.2) is 20.1 Å². The summed E-state index contributed by atoms with van der Waals surface area (Å²) in [6.45, 7) is 6.30. The predicted octanol–water partition coefficient (Wildman–Crippen LogP) is 2.48. The maximum absolute atomic E-state index is 5.54. The summed E-state index contributed by atoms with van der Waals surface area (Å²) in [5.41, 5.74) is 6.91. The van der Waals surface area contributed by atoms with E-state index in [0.29, 0.717) is 5.92 Å². The molecule has 1 heterocycles. The third kappa shape index (κ3) is 3.00. The maximum atomic E-state index is 5.54.